The molecule has 0 atom stereocenters. The van der Waals surface area contributed by atoms with Crippen molar-refractivity contribution in [3.8, 4) is 0 Å². The largest absolute Gasteiger partial charge is 0.352 e. The number of nitrogens with zero attached hydrogens (tertiary/aromatic N) is 2. The fourth-order valence-electron chi connectivity index (χ4n) is 2.58. The summed E-state index contributed by atoms with van der Waals surface area (Å²) in [7, 11) is 1.86. The predicted octanol–water partition coefficient (Wildman–Crippen LogP) is 2.36. The van der Waals surface area contributed by atoms with Crippen molar-refractivity contribution in [2.75, 3.05) is 11.9 Å². The van der Waals surface area contributed by atoms with Crippen molar-refractivity contribution < 1.29 is 9.59 Å². The van der Waals surface area contributed by atoms with Gasteiger partial charge in [-0.05, 0) is 44.0 Å². The Hall–Kier alpha value is -2.83. The molecule has 0 radical (unpaired) electrons. The number of carbonyl (C=O) groups excluding carboxylic acids is 2. The lowest BCUT2D eigenvalue weighted by molar-refractivity contribution is 0.0955. The smallest absolute Gasteiger partial charge is 0.319 e. The molecule has 0 aliphatic heterocycles. The lowest BCUT2D eigenvalue weighted by atomic mass is 10.1. The van der Waals surface area contributed by atoms with E-state index in [1.54, 1.807) is 22.9 Å². The van der Waals surface area contributed by atoms with E-state index in [0.29, 0.717) is 24.3 Å². The molecule has 2 aromatic rings. The van der Waals surface area contributed by atoms with Crippen LogP contribution >= 0.6 is 0 Å². The first-order chi connectivity index (χ1) is 11.9. The third kappa shape index (κ3) is 4.82. The van der Waals surface area contributed by atoms with Crippen LogP contribution in [0.25, 0.3) is 0 Å². The van der Waals surface area contributed by atoms with Gasteiger partial charge in [-0.1, -0.05) is 6.92 Å². The molecule has 0 fully saturated rings. The van der Waals surface area contributed by atoms with Crippen LogP contribution in [0.5, 0.6) is 0 Å². The van der Waals surface area contributed by atoms with E-state index in [1.807, 2.05) is 34.0 Å². The quantitative estimate of drug-likeness (QED) is 0.752. The van der Waals surface area contributed by atoms with Gasteiger partial charge in [0.05, 0.1) is 5.69 Å². The van der Waals surface area contributed by atoms with Gasteiger partial charge in [0.15, 0.2) is 0 Å². The van der Waals surface area contributed by atoms with Gasteiger partial charge >= 0.3 is 6.03 Å². The third-order valence-electron chi connectivity index (χ3n) is 3.84. The maximum Gasteiger partial charge on any atom is 0.319 e. The number of aryl methyl sites for hydroxylation is 3. The summed E-state index contributed by atoms with van der Waals surface area (Å²) >= 11 is 0. The molecule has 25 heavy (non-hydrogen) atoms. The molecule has 0 saturated heterocycles. The van der Waals surface area contributed by atoms with Gasteiger partial charge in [0.2, 0.25) is 0 Å². The van der Waals surface area contributed by atoms with Crippen molar-refractivity contribution in [3.63, 3.8) is 0 Å². The van der Waals surface area contributed by atoms with E-state index in [4.69, 9.17) is 0 Å². The minimum Gasteiger partial charge on any atom is -0.352 e. The van der Waals surface area contributed by atoms with Crippen molar-refractivity contribution in [3.05, 3.63) is 46.8 Å². The molecule has 3 N–H and O–H groups in total. The van der Waals surface area contributed by atoms with Crippen LogP contribution in [0.1, 0.15) is 41.0 Å². The van der Waals surface area contributed by atoms with Gasteiger partial charge in [0.25, 0.3) is 5.91 Å². The first-order valence-electron chi connectivity index (χ1n) is 8.39. The van der Waals surface area contributed by atoms with Crippen LogP contribution in [0.2, 0.25) is 0 Å². The van der Waals surface area contributed by atoms with E-state index < -0.39 is 0 Å². The number of rotatable bonds is 6. The Balaban J connectivity index is 1.97. The van der Waals surface area contributed by atoms with Crippen LogP contribution in [0, 0.1) is 6.92 Å². The second-order valence-electron chi connectivity index (χ2n) is 5.83. The zero-order valence-corrected chi connectivity index (χ0v) is 15.1. The number of carbonyl (C=O) groups is 2. The monoisotopic (exact) mass is 343 g/mol. The summed E-state index contributed by atoms with van der Waals surface area (Å²) in [5.74, 6) is -0.120. The summed E-state index contributed by atoms with van der Waals surface area (Å²) in [5, 5.41) is 12.8. The summed E-state index contributed by atoms with van der Waals surface area (Å²) in [4.78, 5) is 24.0. The van der Waals surface area contributed by atoms with Gasteiger partial charge in [-0.3, -0.25) is 9.48 Å². The molecule has 0 aliphatic rings. The Labute approximate surface area is 147 Å². The van der Waals surface area contributed by atoms with Gasteiger partial charge in [-0.25, -0.2) is 4.79 Å². The van der Waals surface area contributed by atoms with Crippen LogP contribution in [-0.4, -0.2) is 28.3 Å². The van der Waals surface area contributed by atoms with Crippen molar-refractivity contribution in [2.24, 2.45) is 7.05 Å². The van der Waals surface area contributed by atoms with Gasteiger partial charge in [0.1, 0.15) is 0 Å². The minimum absolute atomic E-state index is 0.120. The maximum absolute atomic E-state index is 12.1. The fourth-order valence-corrected chi connectivity index (χ4v) is 2.58. The van der Waals surface area contributed by atoms with E-state index >= 15 is 0 Å². The van der Waals surface area contributed by atoms with E-state index in [1.165, 1.54) is 0 Å². The van der Waals surface area contributed by atoms with E-state index in [2.05, 4.69) is 21.0 Å². The van der Waals surface area contributed by atoms with Gasteiger partial charge in [-0.15, -0.1) is 0 Å². The van der Waals surface area contributed by atoms with Crippen molar-refractivity contribution in [1.29, 1.82) is 0 Å². The van der Waals surface area contributed by atoms with Crippen LogP contribution < -0.4 is 16.0 Å². The molecule has 7 nitrogen and oxygen atoms in total. The van der Waals surface area contributed by atoms with Gasteiger partial charge in [-0.2, -0.15) is 5.10 Å². The highest BCUT2D eigenvalue weighted by Crippen LogP contribution is 2.16. The van der Waals surface area contributed by atoms with Crippen molar-refractivity contribution >= 4 is 17.6 Å². The molecule has 0 spiro atoms. The van der Waals surface area contributed by atoms with Gasteiger partial charge in [0, 0.05) is 43.1 Å². The summed E-state index contributed by atoms with van der Waals surface area (Å²) in [6.07, 6.45) is 2.73. The fraction of sp³-hybridized carbons (Fsp3) is 0.389. The molecule has 2 rings (SSSR count). The van der Waals surface area contributed by atoms with Gasteiger partial charge < -0.3 is 16.0 Å². The van der Waals surface area contributed by atoms with Crippen LogP contribution in [0.4, 0.5) is 10.5 Å². The summed E-state index contributed by atoms with van der Waals surface area (Å²) in [6.45, 7) is 6.75. The number of amides is 3. The highest BCUT2D eigenvalue weighted by molar-refractivity contribution is 5.96. The predicted molar refractivity (Wildman–Crippen MR) is 97.6 cm³/mol. The molecule has 0 bridgehead atoms. The molecule has 0 saturated carbocycles. The lowest BCUT2D eigenvalue weighted by Crippen LogP contribution is -2.29. The Bertz CT molecular complexity index is 767. The Morgan fingerprint density at radius 2 is 1.96 bits per heavy atom. The number of hydrogen-bond donors (Lipinski definition) is 3. The SMILES string of the molecule is CCNC(=O)c1ccc(NC(=O)NCc2cn(C)nc2CC)c(C)c1. The average molecular weight is 343 g/mol. The highest BCUT2D eigenvalue weighted by Gasteiger charge is 2.10. The summed E-state index contributed by atoms with van der Waals surface area (Å²) in [5.41, 5.74) is 4.06. The first kappa shape index (κ1) is 18.5. The zero-order chi connectivity index (χ0) is 18.4. The molecular formula is C18H25N5O2. The second kappa shape index (κ2) is 8.32. The number of aromatic nitrogens is 2. The molecule has 0 unspecified atom stereocenters. The highest BCUT2D eigenvalue weighted by atomic mass is 16.2. The first-order valence-corrected chi connectivity index (χ1v) is 8.39. The number of benzene rings is 1. The van der Waals surface area contributed by atoms with Crippen LogP contribution in [0.3, 0.4) is 0 Å². The third-order valence-corrected chi connectivity index (χ3v) is 3.84. The molecule has 1 aromatic heterocycles. The molecule has 7 heteroatoms. The maximum atomic E-state index is 12.1. The number of nitrogens with one attached hydrogen (secondary N) is 3. The molecule has 3 amide bonds. The van der Waals surface area contributed by atoms with Crippen LogP contribution in [-0.2, 0) is 20.0 Å². The molecule has 134 valence electrons. The molecule has 1 aromatic carbocycles. The Kier molecular flexibility index (Phi) is 6.16. The lowest BCUT2D eigenvalue weighted by Gasteiger charge is -2.11. The Morgan fingerprint density at radius 3 is 2.60 bits per heavy atom. The normalized spacial score (nSPS) is 10.4. The summed E-state index contributed by atoms with van der Waals surface area (Å²) in [6, 6.07) is 4.90. The van der Waals surface area contributed by atoms with E-state index in [0.717, 1.165) is 23.2 Å². The van der Waals surface area contributed by atoms with Crippen molar-refractivity contribution in [2.45, 2.75) is 33.7 Å². The molecular weight excluding hydrogens is 318 g/mol. The summed E-state index contributed by atoms with van der Waals surface area (Å²) < 4.78 is 1.75. The minimum atomic E-state index is -0.292. The number of urea groups is 1. The topological polar surface area (TPSA) is 88.0 Å². The second-order valence-corrected chi connectivity index (χ2v) is 5.83. The number of hydrogen-bond acceptors (Lipinski definition) is 3. The Morgan fingerprint density at radius 1 is 1.20 bits per heavy atom. The van der Waals surface area contributed by atoms with Crippen molar-refractivity contribution in [1.82, 2.24) is 20.4 Å². The van der Waals surface area contributed by atoms with E-state index in [-0.39, 0.29) is 11.9 Å². The van der Waals surface area contributed by atoms with E-state index in [9.17, 15) is 9.59 Å². The zero-order valence-electron chi connectivity index (χ0n) is 15.1. The standard InChI is InChI=1S/C18H25N5O2/c1-5-15-14(11-23(4)22-15)10-20-18(25)21-16-8-7-13(9-12(16)3)17(24)19-6-2/h7-9,11H,5-6,10H2,1-4H3,(H,19,24)(H2,20,21,25). The van der Waals surface area contributed by atoms with Crippen LogP contribution in [0.15, 0.2) is 24.4 Å². The molecule has 1 heterocycles. The number of anilines is 1. The average Bonchev–Trinajstić information content (AvgIpc) is 2.95. The molecule has 0 aliphatic carbocycles.